The monoisotopic (exact) mass is 309 g/mol. The van der Waals surface area contributed by atoms with Gasteiger partial charge in [0.05, 0.1) is 27.8 Å². The highest BCUT2D eigenvalue weighted by Gasteiger charge is 2.18. The Balaban J connectivity index is 2.36. The van der Waals surface area contributed by atoms with E-state index in [1.54, 1.807) is 18.5 Å². The quantitative estimate of drug-likeness (QED) is 0.652. The van der Waals surface area contributed by atoms with Crippen molar-refractivity contribution in [1.82, 2.24) is 14.5 Å². The van der Waals surface area contributed by atoms with E-state index in [2.05, 4.69) is 9.97 Å². The van der Waals surface area contributed by atoms with Gasteiger partial charge in [0.2, 0.25) is 0 Å². The predicted octanol–water partition coefficient (Wildman–Crippen LogP) is 4.51. The van der Waals surface area contributed by atoms with Gasteiger partial charge in [-0.2, -0.15) is 0 Å². The third-order valence-corrected chi connectivity index (χ3v) is 3.49. The number of aromatic nitrogens is 3. The van der Waals surface area contributed by atoms with Gasteiger partial charge in [-0.05, 0) is 31.2 Å². The molecule has 0 saturated carbocycles. The smallest absolute Gasteiger partial charge is 0.132 e. The molecule has 0 spiro atoms. The van der Waals surface area contributed by atoms with Crippen LogP contribution in [0, 0.1) is 5.82 Å². The predicted molar refractivity (Wildman–Crippen MR) is 78.1 cm³/mol. The molecule has 0 aliphatic carbocycles. The normalized spacial score (nSPS) is 12.8. The minimum atomic E-state index is -0.384. The molecule has 0 N–H and O–H groups in total. The summed E-state index contributed by atoms with van der Waals surface area (Å²) in [6.45, 7) is 1.82. The van der Waals surface area contributed by atoms with Crippen LogP contribution in [0.15, 0.2) is 36.7 Å². The lowest BCUT2D eigenvalue weighted by atomic mass is 10.3. The van der Waals surface area contributed by atoms with Crippen LogP contribution in [-0.2, 0) is 0 Å². The first-order valence-electron chi connectivity index (χ1n) is 6.00. The Kier molecular flexibility index (Phi) is 3.36. The van der Waals surface area contributed by atoms with Gasteiger partial charge < -0.3 is 0 Å². The first kappa shape index (κ1) is 13.3. The number of fused-ring (bicyclic) bond motifs is 1. The molecule has 0 fully saturated rings. The minimum Gasteiger partial charge on any atom is -0.293 e. The fraction of sp³-hybridized carbons (Fsp3) is 0.143. The standard InChI is InChI=1S/C14H10Cl2FN3/c1-8(15)14-19-11-7-18-5-4-13(11)20(14)12-3-2-9(17)6-10(12)16/h2-8H,1H3. The molecular weight excluding hydrogens is 300 g/mol. The maximum Gasteiger partial charge on any atom is 0.132 e. The van der Waals surface area contributed by atoms with E-state index in [-0.39, 0.29) is 11.2 Å². The SMILES string of the molecule is CC(Cl)c1nc2cnccc2n1-c1ccc(F)cc1Cl. The van der Waals surface area contributed by atoms with Crippen molar-refractivity contribution in [1.29, 1.82) is 0 Å². The van der Waals surface area contributed by atoms with Crippen molar-refractivity contribution in [3.63, 3.8) is 0 Å². The molecule has 0 radical (unpaired) electrons. The van der Waals surface area contributed by atoms with Crippen LogP contribution in [0.4, 0.5) is 4.39 Å². The molecule has 1 aromatic carbocycles. The maximum atomic E-state index is 13.2. The van der Waals surface area contributed by atoms with Crippen LogP contribution >= 0.6 is 23.2 Å². The van der Waals surface area contributed by atoms with Gasteiger partial charge in [0.15, 0.2) is 0 Å². The first-order chi connectivity index (χ1) is 9.58. The van der Waals surface area contributed by atoms with Gasteiger partial charge in [-0.15, -0.1) is 11.6 Å². The zero-order valence-corrected chi connectivity index (χ0v) is 12.0. The molecule has 2 heterocycles. The van der Waals surface area contributed by atoms with E-state index in [1.165, 1.54) is 12.1 Å². The van der Waals surface area contributed by atoms with Crippen LogP contribution < -0.4 is 0 Å². The number of hydrogen-bond acceptors (Lipinski definition) is 2. The fourth-order valence-corrected chi connectivity index (χ4v) is 2.53. The molecule has 0 saturated heterocycles. The van der Waals surface area contributed by atoms with Crippen molar-refractivity contribution in [2.45, 2.75) is 12.3 Å². The van der Waals surface area contributed by atoms with Crippen molar-refractivity contribution >= 4 is 34.2 Å². The number of imidazole rings is 1. The highest BCUT2D eigenvalue weighted by atomic mass is 35.5. The number of halogens is 3. The third kappa shape index (κ3) is 2.15. The summed E-state index contributed by atoms with van der Waals surface area (Å²) < 4.78 is 15.0. The second-order valence-electron chi connectivity index (χ2n) is 4.38. The lowest BCUT2D eigenvalue weighted by Gasteiger charge is -2.12. The summed E-state index contributed by atoms with van der Waals surface area (Å²) in [7, 11) is 0. The Labute approximate surface area is 125 Å². The molecule has 20 heavy (non-hydrogen) atoms. The largest absolute Gasteiger partial charge is 0.293 e. The Morgan fingerprint density at radius 3 is 2.80 bits per heavy atom. The molecule has 0 aliphatic heterocycles. The molecule has 1 atom stereocenters. The van der Waals surface area contributed by atoms with Crippen LogP contribution in [0.2, 0.25) is 5.02 Å². The molecule has 1 unspecified atom stereocenters. The molecule has 3 aromatic rings. The fourth-order valence-electron chi connectivity index (χ4n) is 2.13. The summed E-state index contributed by atoms with van der Waals surface area (Å²) in [6, 6.07) is 6.07. The van der Waals surface area contributed by atoms with Crippen molar-refractivity contribution in [2.24, 2.45) is 0 Å². The molecule has 102 valence electrons. The summed E-state index contributed by atoms with van der Waals surface area (Å²) in [6.07, 6.45) is 3.33. The van der Waals surface area contributed by atoms with Crippen molar-refractivity contribution < 1.29 is 4.39 Å². The van der Waals surface area contributed by atoms with Gasteiger partial charge >= 0.3 is 0 Å². The van der Waals surface area contributed by atoms with Crippen LogP contribution in [0.5, 0.6) is 0 Å². The molecule has 0 bridgehead atoms. The molecular formula is C14H10Cl2FN3. The summed E-state index contributed by atoms with van der Waals surface area (Å²) in [5.41, 5.74) is 2.19. The summed E-state index contributed by atoms with van der Waals surface area (Å²) >= 11 is 12.3. The zero-order valence-electron chi connectivity index (χ0n) is 10.5. The van der Waals surface area contributed by atoms with Crippen molar-refractivity contribution in [3.05, 3.63) is 53.3 Å². The average Bonchev–Trinajstić information content (AvgIpc) is 2.78. The number of benzene rings is 1. The molecule has 0 aliphatic rings. The highest BCUT2D eigenvalue weighted by Crippen LogP contribution is 2.31. The van der Waals surface area contributed by atoms with E-state index in [9.17, 15) is 4.39 Å². The lowest BCUT2D eigenvalue weighted by Crippen LogP contribution is -2.02. The molecule has 3 nitrogen and oxygen atoms in total. The van der Waals surface area contributed by atoms with Crippen molar-refractivity contribution in [3.8, 4) is 5.69 Å². The van der Waals surface area contributed by atoms with Gasteiger partial charge in [0, 0.05) is 6.20 Å². The average molecular weight is 310 g/mol. The molecule has 2 aromatic heterocycles. The Bertz CT molecular complexity index is 783. The molecule has 3 rings (SSSR count). The van der Waals surface area contributed by atoms with Crippen molar-refractivity contribution in [2.75, 3.05) is 0 Å². The summed E-state index contributed by atoms with van der Waals surface area (Å²) in [5.74, 6) is 0.258. The van der Waals surface area contributed by atoms with Crippen LogP contribution in [0.25, 0.3) is 16.7 Å². The van der Waals surface area contributed by atoms with Gasteiger partial charge in [0.25, 0.3) is 0 Å². The number of alkyl halides is 1. The number of hydrogen-bond donors (Lipinski definition) is 0. The third-order valence-electron chi connectivity index (χ3n) is 2.99. The van der Waals surface area contributed by atoms with E-state index in [0.717, 1.165) is 11.0 Å². The van der Waals surface area contributed by atoms with Gasteiger partial charge in [-0.25, -0.2) is 9.37 Å². The summed E-state index contributed by atoms with van der Waals surface area (Å²) in [5, 5.41) is -0.0109. The summed E-state index contributed by atoms with van der Waals surface area (Å²) in [4.78, 5) is 8.51. The van der Waals surface area contributed by atoms with Crippen LogP contribution in [0.1, 0.15) is 18.1 Å². The number of rotatable bonds is 2. The first-order valence-corrected chi connectivity index (χ1v) is 6.81. The van der Waals surface area contributed by atoms with Gasteiger partial charge in [-0.1, -0.05) is 11.6 Å². The molecule has 6 heteroatoms. The zero-order chi connectivity index (χ0) is 14.3. The Morgan fingerprint density at radius 2 is 2.10 bits per heavy atom. The van der Waals surface area contributed by atoms with E-state index in [4.69, 9.17) is 23.2 Å². The second kappa shape index (κ2) is 5.04. The topological polar surface area (TPSA) is 30.7 Å². The van der Waals surface area contributed by atoms with Gasteiger partial charge in [-0.3, -0.25) is 9.55 Å². The second-order valence-corrected chi connectivity index (χ2v) is 5.44. The lowest BCUT2D eigenvalue weighted by molar-refractivity contribution is 0.627. The van der Waals surface area contributed by atoms with Gasteiger partial charge in [0.1, 0.15) is 17.2 Å². The maximum absolute atomic E-state index is 13.2. The number of pyridine rings is 1. The Hall–Kier alpha value is -1.65. The number of nitrogens with zero attached hydrogens (tertiary/aromatic N) is 3. The van der Waals surface area contributed by atoms with E-state index < -0.39 is 0 Å². The van der Waals surface area contributed by atoms with E-state index >= 15 is 0 Å². The Morgan fingerprint density at radius 1 is 1.30 bits per heavy atom. The van der Waals surface area contributed by atoms with E-state index in [1.807, 2.05) is 17.6 Å². The minimum absolute atomic E-state index is 0.305. The molecule has 0 amide bonds. The van der Waals surface area contributed by atoms with Crippen LogP contribution in [0.3, 0.4) is 0 Å². The van der Waals surface area contributed by atoms with E-state index in [0.29, 0.717) is 16.5 Å². The van der Waals surface area contributed by atoms with Crippen LogP contribution in [-0.4, -0.2) is 14.5 Å². The highest BCUT2D eigenvalue weighted by molar-refractivity contribution is 6.32.